The van der Waals surface area contributed by atoms with Crippen molar-refractivity contribution in [3.63, 3.8) is 0 Å². The van der Waals surface area contributed by atoms with E-state index in [4.69, 9.17) is 11.6 Å². The molecule has 1 saturated carbocycles. The van der Waals surface area contributed by atoms with Gasteiger partial charge in [-0.3, -0.25) is 0 Å². The number of unbranched alkanes of at least 4 members (excludes halogenated alkanes) is 1. The Balaban J connectivity index is 1.37. The van der Waals surface area contributed by atoms with Crippen molar-refractivity contribution in [1.82, 2.24) is 0 Å². The molecular weight excluding hydrogens is 414 g/mol. The molecule has 2 fully saturated rings. The lowest BCUT2D eigenvalue weighted by molar-refractivity contribution is 0.280. The first-order valence-electron chi connectivity index (χ1n) is 11.8. The second-order valence-corrected chi connectivity index (χ2v) is 12.6. The zero-order valence-corrected chi connectivity index (χ0v) is 19.9. The second-order valence-electron chi connectivity index (χ2n) is 9.37. The van der Waals surface area contributed by atoms with Crippen molar-refractivity contribution in [3.8, 4) is 0 Å². The molecule has 2 aliphatic rings. The van der Waals surface area contributed by atoms with Gasteiger partial charge < -0.3 is 0 Å². The SMILES string of the molecule is C=CCCC[Si]1CCC(CCC2CCC(c3ccc(/C(F)=C/Cl)c(F)c3)CC2)CC1. The lowest BCUT2D eigenvalue weighted by atomic mass is 9.76. The minimum Gasteiger partial charge on any atom is -0.206 e. The van der Waals surface area contributed by atoms with Gasteiger partial charge in [-0.15, -0.1) is 6.58 Å². The first-order chi connectivity index (χ1) is 14.6. The van der Waals surface area contributed by atoms with Crippen LogP contribution in [-0.4, -0.2) is 8.80 Å². The molecule has 0 bridgehead atoms. The van der Waals surface area contributed by atoms with E-state index in [0.717, 1.165) is 35.8 Å². The van der Waals surface area contributed by atoms with Gasteiger partial charge in [-0.1, -0.05) is 74.0 Å². The molecular formula is C26H36ClF2Si. The van der Waals surface area contributed by atoms with E-state index in [9.17, 15) is 8.78 Å². The predicted molar refractivity (Wildman–Crippen MR) is 128 cm³/mol. The van der Waals surface area contributed by atoms with Crippen molar-refractivity contribution >= 4 is 26.2 Å². The lowest BCUT2D eigenvalue weighted by Crippen LogP contribution is -2.22. The monoisotopic (exact) mass is 449 g/mol. The maximum absolute atomic E-state index is 14.2. The molecule has 3 rings (SSSR count). The van der Waals surface area contributed by atoms with Crippen LogP contribution >= 0.6 is 11.6 Å². The molecule has 1 aliphatic carbocycles. The topological polar surface area (TPSA) is 0 Å². The molecule has 1 radical (unpaired) electrons. The molecule has 0 aromatic heterocycles. The quantitative estimate of drug-likeness (QED) is 0.200. The number of allylic oxidation sites excluding steroid dienone is 1. The number of halogens is 3. The van der Waals surface area contributed by atoms with Gasteiger partial charge >= 0.3 is 0 Å². The van der Waals surface area contributed by atoms with Crippen molar-refractivity contribution < 1.29 is 8.78 Å². The fraction of sp³-hybridized carbons (Fsp3) is 0.615. The summed E-state index contributed by atoms with van der Waals surface area (Å²) >= 11 is 5.38. The van der Waals surface area contributed by atoms with E-state index in [0.29, 0.717) is 5.92 Å². The maximum Gasteiger partial charge on any atom is 0.144 e. The van der Waals surface area contributed by atoms with Crippen LogP contribution in [0, 0.1) is 17.7 Å². The van der Waals surface area contributed by atoms with Crippen LogP contribution in [0.15, 0.2) is 36.4 Å². The molecule has 1 aromatic rings. The third kappa shape index (κ3) is 6.78. The molecule has 1 saturated heterocycles. The summed E-state index contributed by atoms with van der Waals surface area (Å²) in [5, 5.41) is 0. The van der Waals surface area contributed by atoms with Gasteiger partial charge in [-0.25, -0.2) is 8.78 Å². The molecule has 0 amide bonds. The molecule has 0 unspecified atom stereocenters. The van der Waals surface area contributed by atoms with E-state index in [-0.39, 0.29) is 14.4 Å². The van der Waals surface area contributed by atoms with Crippen LogP contribution in [0.3, 0.4) is 0 Å². The molecule has 1 aliphatic heterocycles. The minimum absolute atomic E-state index is 0.0416. The molecule has 0 atom stereocenters. The third-order valence-corrected chi connectivity index (χ3v) is 10.6. The van der Waals surface area contributed by atoms with Gasteiger partial charge in [0.25, 0.3) is 0 Å². The molecule has 30 heavy (non-hydrogen) atoms. The van der Waals surface area contributed by atoms with Crippen LogP contribution in [-0.2, 0) is 0 Å². The summed E-state index contributed by atoms with van der Waals surface area (Å²) in [5.41, 5.74) is 1.76. The fourth-order valence-electron chi connectivity index (χ4n) is 5.41. The van der Waals surface area contributed by atoms with E-state index in [1.165, 1.54) is 81.6 Å². The van der Waals surface area contributed by atoms with Gasteiger partial charge in [0.05, 0.1) is 0 Å². The highest BCUT2D eigenvalue weighted by Gasteiger charge is 2.26. The van der Waals surface area contributed by atoms with Crippen LogP contribution < -0.4 is 0 Å². The first-order valence-corrected chi connectivity index (χ1v) is 14.4. The highest BCUT2D eigenvalue weighted by atomic mass is 35.5. The molecule has 165 valence electrons. The molecule has 0 nitrogen and oxygen atoms in total. The highest BCUT2D eigenvalue weighted by Crippen LogP contribution is 2.40. The lowest BCUT2D eigenvalue weighted by Gasteiger charge is -2.32. The van der Waals surface area contributed by atoms with Gasteiger partial charge in [0.15, 0.2) is 0 Å². The van der Waals surface area contributed by atoms with Crippen molar-refractivity contribution in [3.05, 3.63) is 53.3 Å². The summed E-state index contributed by atoms with van der Waals surface area (Å²) < 4.78 is 27.8. The Kier molecular flexibility index (Phi) is 9.64. The van der Waals surface area contributed by atoms with Crippen LogP contribution in [0.4, 0.5) is 8.78 Å². The molecule has 0 spiro atoms. The summed E-state index contributed by atoms with van der Waals surface area (Å²) in [5.74, 6) is 0.982. The van der Waals surface area contributed by atoms with Crippen molar-refractivity contribution in [2.75, 3.05) is 0 Å². The second kappa shape index (κ2) is 12.2. The standard InChI is InChI=1S/C26H36ClF2Si/c1-2-3-4-15-30-16-13-21(14-17-30)6-5-20-7-9-22(10-8-20)23-11-12-24(25(28)18-23)26(29)19-27/h2,11-12,18-22H,1,3-10,13-17H2/b26-19-. The summed E-state index contributed by atoms with van der Waals surface area (Å²) in [6.07, 6.45) is 15.1. The highest BCUT2D eigenvalue weighted by molar-refractivity contribution is 6.58. The van der Waals surface area contributed by atoms with E-state index in [2.05, 4.69) is 12.7 Å². The first kappa shape index (κ1) is 23.7. The molecule has 1 heterocycles. The van der Waals surface area contributed by atoms with Crippen molar-refractivity contribution in [2.45, 2.75) is 88.3 Å². The summed E-state index contributed by atoms with van der Waals surface area (Å²) in [6.45, 7) is 3.84. The van der Waals surface area contributed by atoms with Crippen LogP contribution in [0.5, 0.6) is 0 Å². The minimum atomic E-state index is -0.711. The Bertz CT molecular complexity index is 701. The van der Waals surface area contributed by atoms with E-state index < -0.39 is 11.6 Å². The number of benzene rings is 1. The van der Waals surface area contributed by atoms with Crippen molar-refractivity contribution in [1.29, 1.82) is 0 Å². The zero-order chi connectivity index (χ0) is 21.3. The van der Waals surface area contributed by atoms with Gasteiger partial charge in [0.1, 0.15) is 11.6 Å². The Morgan fingerprint density at radius 3 is 2.33 bits per heavy atom. The number of hydrogen-bond donors (Lipinski definition) is 0. The largest absolute Gasteiger partial charge is 0.206 e. The summed E-state index contributed by atoms with van der Waals surface area (Å²) in [6, 6.07) is 9.46. The Morgan fingerprint density at radius 2 is 1.73 bits per heavy atom. The van der Waals surface area contributed by atoms with Crippen molar-refractivity contribution in [2.24, 2.45) is 11.8 Å². The zero-order valence-electron chi connectivity index (χ0n) is 18.2. The van der Waals surface area contributed by atoms with Crippen LogP contribution in [0.25, 0.3) is 5.83 Å². The van der Waals surface area contributed by atoms with Crippen LogP contribution in [0.2, 0.25) is 18.1 Å². The average molecular weight is 450 g/mol. The van der Waals surface area contributed by atoms with Gasteiger partial charge in [0, 0.05) is 19.9 Å². The normalized spacial score (nSPS) is 24.2. The number of rotatable bonds is 9. The van der Waals surface area contributed by atoms with Crippen LogP contribution in [0.1, 0.15) is 81.3 Å². The molecule has 4 heteroatoms. The fourth-order valence-corrected chi connectivity index (χ4v) is 8.62. The van der Waals surface area contributed by atoms with E-state index >= 15 is 0 Å². The van der Waals surface area contributed by atoms with Gasteiger partial charge in [-0.05, 0) is 67.6 Å². The maximum atomic E-state index is 14.2. The summed E-state index contributed by atoms with van der Waals surface area (Å²) in [7, 11) is -0.0591. The smallest absolute Gasteiger partial charge is 0.144 e. The molecule has 0 N–H and O–H groups in total. The van der Waals surface area contributed by atoms with E-state index in [1.54, 1.807) is 0 Å². The van der Waals surface area contributed by atoms with E-state index in [1.807, 2.05) is 6.07 Å². The molecule has 1 aromatic carbocycles. The average Bonchev–Trinajstić information content (AvgIpc) is 2.78. The Labute approximate surface area is 188 Å². The Morgan fingerprint density at radius 1 is 1.07 bits per heavy atom. The Hall–Kier alpha value is -0.933. The van der Waals surface area contributed by atoms with Gasteiger partial charge in [-0.2, -0.15) is 0 Å². The summed E-state index contributed by atoms with van der Waals surface area (Å²) in [4.78, 5) is 0. The predicted octanol–water partition coefficient (Wildman–Crippen LogP) is 9.26. The third-order valence-electron chi connectivity index (χ3n) is 7.40. The number of hydrogen-bond acceptors (Lipinski definition) is 0. The van der Waals surface area contributed by atoms with Gasteiger partial charge in [0.2, 0.25) is 0 Å².